The normalized spacial score (nSPS) is 16.9. The van der Waals surface area contributed by atoms with Crippen molar-refractivity contribution >= 4 is 30.7 Å². The van der Waals surface area contributed by atoms with Crippen molar-refractivity contribution in [3.63, 3.8) is 0 Å². The summed E-state index contributed by atoms with van der Waals surface area (Å²) in [6.45, 7) is 0.106. The molecule has 10 heteroatoms. The van der Waals surface area contributed by atoms with Gasteiger partial charge in [-0.3, -0.25) is 4.79 Å². The lowest BCUT2D eigenvalue weighted by molar-refractivity contribution is -0.154. The Bertz CT molecular complexity index is 498. The van der Waals surface area contributed by atoms with Crippen LogP contribution in [0.1, 0.15) is 12.0 Å². The summed E-state index contributed by atoms with van der Waals surface area (Å²) in [7, 11) is 0. The second-order valence-corrected chi connectivity index (χ2v) is 4.78. The molecule has 0 saturated carbocycles. The van der Waals surface area contributed by atoms with Crippen LogP contribution in [0.15, 0.2) is 18.3 Å². The Hall–Kier alpha value is -1.25. The molecule has 0 aromatic carbocycles. The predicted octanol–water partition coefficient (Wildman–Crippen LogP) is 2.09. The molecule has 1 amide bonds. The monoisotopic (exact) mass is 375 g/mol. The van der Waals surface area contributed by atoms with Crippen LogP contribution in [0.4, 0.5) is 13.2 Å². The summed E-state index contributed by atoms with van der Waals surface area (Å²) in [6.07, 6.45) is -2.32. The molecule has 2 heterocycles. The first kappa shape index (κ1) is 21.8. The van der Waals surface area contributed by atoms with E-state index in [1.165, 1.54) is 6.20 Å². The summed E-state index contributed by atoms with van der Waals surface area (Å²) >= 11 is 0. The molecular formula is C13H18Cl2F3N3O2. The molecule has 1 aromatic rings. The van der Waals surface area contributed by atoms with Gasteiger partial charge in [-0.1, -0.05) is 6.07 Å². The van der Waals surface area contributed by atoms with Gasteiger partial charge >= 0.3 is 6.18 Å². The Morgan fingerprint density at radius 1 is 1.43 bits per heavy atom. The number of ether oxygens (including phenoxy) is 1. The third-order valence-electron chi connectivity index (χ3n) is 3.11. The van der Waals surface area contributed by atoms with Crippen LogP contribution in [0.2, 0.25) is 0 Å². The predicted molar refractivity (Wildman–Crippen MR) is 83.1 cm³/mol. The number of nitrogens with one attached hydrogen (secondary N) is 2. The average Bonchev–Trinajstić information content (AvgIpc) is 2.96. The molecule has 1 aliphatic rings. The highest BCUT2D eigenvalue weighted by Gasteiger charge is 2.29. The molecule has 1 saturated heterocycles. The highest BCUT2D eigenvalue weighted by Crippen LogP contribution is 2.20. The first-order chi connectivity index (χ1) is 9.96. The number of aromatic nitrogens is 1. The molecule has 0 spiro atoms. The van der Waals surface area contributed by atoms with E-state index in [4.69, 9.17) is 0 Å². The number of rotatable bonds is 5. The number of alkyl halides is 3. The number of hydrogen-bond acceptors (Lipinski definition) is 4. The van der Waals surface area contributed by atoms with Gasteiger partial charge in [0.1, 0.15) is 0 Å². The molecule has 2 N–H and O–H groups in total. The van der Waals surface area contributed by atoms with Gasteiger partial charge in [-0.15, -0.1) is 24.8 Å². The van der Waals surface area contributed by atoms with E-state index < -0.39 is 12.8 Å². The lowest BCUT2D eigenvalue weighted by Crippen LogP contribution is -2.31. The smallest absolute Gasteiger partial charge is 0.422 e. The summed E-state index contributed by atoms with van der Waals surface area (Å²) in [4.78, 5) is 15.6. The highest BCUT2D eigenvalue weighted by molar-refractivity contribution is 5.85. The van der Waals surface area contributed by atoms with Crippen LogP contribution >= 0.6 is 24.8 Å². The summed E-state index contributed by atoms with van der Waals surface area (Å²) in [6, 6.07) is 3.16. The number of halogens is 5. The van der Waals surface area contributed by atoms with Crippen molar-refractivity contribution in [2.75, 3.05) is 19.7 Å². The van der Waals surface area contributed by atoms with Crippen LogP contribution in [0.5, 0.6) is 5.88 Å². The zero-order valence-electron chi connectivity index (χ0n) is 12.1. The standard InChI is InChI=1S/C13H16F3N3O2.2ClH/c14-13(15,16)8-21-12-10(2-1-4-18-12)7-19-11(20)9-3-5-17-6-9;;/h1-2,4,9,17H,3,5-8H2,(H,19,20);2*1H. The Morgan fingerprint density at radius 2 is 2.17 bits per heavy atom. The molecular weight excluding hydrogens is 358 g/mol. The molecule has 1 atom stereocenters. The molecule has 23 heavy (non-hydrogen) atoms. The van der Waals surface area contributed by atoms with Crippen molar-refractivity contribution in [3.8, 4) is 5.88 Å². The fraction of sp³-hybridized carbons (Fsp3) is 0.538. The van der Waals surface area contributed by atoms with Gasteiger partial charge in [-0.05, 0) is 19.0 Å². The molecule has 132 valence electrons. The van der Waals surface area contributed by atoms with E-state index in [9.17, 15) is 18.0 Å². The van der Waals surface area contributed by atoms with E-state index in [1.54, 1.807) is 12.1 Å². The van der Waals surface area contributed by atoms with Gasteiger partial charge in [0.05, 0.1) is 5.92 Å². The number of carbonyl (C=O) groups excluding carboxylic acids is 1. The largest absolute Gasteiger partial charge is 0.468 e. The Labute approximate surface area is 144 Å². The minimum Gasteiger partial charge on any atom is -0.468 e. The number of amides is 1. The van der Waals surface area contributed by atoms with Crippen molar-refractivity contribution < 1.29 is 22.7 Å². The molecule has 1 aliphatic heterocycles. The Morgan fingerprint density at radius 3 is 2.78 bits per heavy atom. The zero-order chi connectivity index (χ0) is 15.3. The van der Waals surface area contributed by atoms with Gasteiger partial charge in [0, 0.05) is 24.8 Å². The van der Waals surface area contributed by atoms with E-state index in [1.807, 2.05) is 0 Å². The zero-order valence-corrected chi connectivity index (χ0v) is 13.7. The molecule has 1 unspecified atom stereocenters. The van der Waals surface area contributed by atoms with Gasteiger partial charge in [-0.2, -0.15) is 13.2 Å². The Kier molecular flexibility index (Phi) is 9.26. The number of hydrogen-bond donors (Lipinski definition) is 2. The molecule has 1 fully saturated rings. The first-order valence-electron chi connectivity index (χ1n) is 6.57. The lowest BCUT2D eigenvalue weighted by Gasteiger charge is -2.13. The van der Waals surface area contributed by atoms with Gasteiger partial charge in [0.2, 0.25) is 11.8 Å². The summed E-state index contributed by atoms with van der Waals surface area (Å²) in [5, 5.41) is 5.78. The molecule has 0 radical (unpaired) electrons. The second kappa shape index (κ2) is 9.79. The fourth-order valence-corrected chi connectivity index (χ4v) is 2.04. The molecule has 0 aliphatic carbocycles. The second-order valence-electron chi connectivity index (χ2n) is 4.78. The van der Waals surface area contributed by atoms with Gasteiger partial charge in [0.15, 0.2) is 6.61 Å². The van der Waals surface area contributed by atoms with Crippen molar-refractivity contribution in [1.82, 2.24) is 15.6 Å². The number of pyridine rings is 1. The summed E-state index contributed by atoms with van der Waals surface area (Å²) < 4.78 is 41.1. The Balaban J connectivity index is 0.00000242. The lowest BCUT2D eigenvalue weighted by atomic mass is 10.1. The number of carbonyl (C=O) groups is 1. The van der Waals surface area contributed by atoms with Crippen molar-refractivity contribution in [2.45, 2.75) is 19.1 Å². The van der Waals surface area contributed by atoms with Gasteiger partial charge in [-0.25, -0.2) is 4.98 Å². The maximum Gasteiger partial charge on any atom is 0.422 e. The van der Waals surface area contributed by atoms with E-state index in [2.05, 4.69) is 20.4 Å². The van der Waals surface area contributed by atoms with Crippen LogP contribution < -0.4 is 15.4 Å². The first-order valence-corrected chi connectivity index (χ1v) is 6.57. The molecule has 5 nitrogen and oxygen atoms in total. The van der Waals surface area contributed by atoms with Crippen LogP contribution in [-0.4, -0.2) is 36.8 Å². The van der Waals surface area contributed by atoms with E-state index >= 15 is 0 Å². The summed E-state index contributed by atoms with van der Waals surface area (Å²) in [5.74, 6) is -0.327. The minimum atomic E-state index is -4.42. The van der Waals surface area contributed by atoms with E-state index in [0.717, 1.165) is 13.0 Å². The molecule has 1 aromatic heterocycles. The number of nitrogens with zero attached hydrogens (tertiary/aromatic N) is 1. The van der Waals surface area contributed by atoms with E-state index in [0.29, 0.717) is 12.1 Å². The summed E-state index contributed by atoms with van der Waals surface area (Å²) in [5.41, 5.74) is 0.418. The minimum absolute atomic E-state index is 0. The third-order valence-corrected chi connectivity index (χ3v) is 3.11. The highest BCUT2D eigenvalue weighted by atomic mass is 35.5. The van der Waals surface area contributed by atoms with Crippen LogP contribution in [0, 0.1) is 5.92 Å². The van der Waals surface area contributed by atoms with Crippen LogP contribution in [0.25, 0.3) is 0 Å². The topological polar surface area (TPSA) is 63.2 Å². The molecule has 0 bridgehead atoms. The van der Waals surface area contributed by atoms with Crippen LogP contribution in [-0.2, 0) is 11.3 Å². The van der Waals surface area contributed by atoms with Crippen molar-refractivity contribution in [1.29, 1.82) is 0 Å². The maximum atomic E-state index is 12.2. The van der Waals surface area contributed by atoms with Crippen molar-refractivity contribution in [3.05, 3.63) is 23.9 Å². The SMILES string of the molecule is Cl.Cl.O=C(NCc1cccnc1OCC(F)(F)F)C1CCNC1. The quantitative estimate of drug-likeness (QED) is 0.826. The third kappa shape index (κ3) is 7.24. The van der Waals surface area contributed by atoms with Crippen molar-refractivity contribution in [2.24, 2.45) is 5.92 Å². The van der Waals surface area contributed by atoms with E-state index in [-0.39, 0.29) is 49.1 Å². The average molecular weight is 376 g/mol. The molecule has 2 rings (SSSR count). The maximum absolute atomic E-state index is 12.2. The fourth-order valence-electron chi connectivity index (χ4n) is 2.04. The van der Waals surface area contributed by atoms with Crippen LogP contribution in [0.3, 0.4) is 0 Å². The van der Waals surface area contributed by atoms with Gasteiger partial charge in [0.25, 0.3) is 0 Å². The van der Waals surface area contributed by atoms with Gasteiger partial charge < -0.3 is 15.4 Å².